The smallest absolute Gasteiger partial charge is 0.270 e. The third-order valence-corrected chi connectivity index (χ3v) is 3.06. The molecule has 0 saturated carbocycles. The van der Waals surface area contributed by atoms with Gasteiger partial charge in [-0.1, -0.05) is 34.6 Å². The molecule has 4 heteroatoms. The summed E-state index contributed by atoms with van der Waals surface area (Å²) >= 11 is 0. The summed E-state index contributed by atoms with van der Waals surface area (Å²) in [4.78, 5) is 14.7. The van der Waals surface area contributed by atoms with Gasteiger partial charge in [-0.25, -0.2) is 0 Å². The molecule has 0 fully saturated rings. The molecule has 1 heterocycles. The molecule has 0 unspecified atom stereocenters. The van der Waals surface area contributed by atoms with Crippen molar-refractivity contribution in [3.8, 4) is 0 Å². The van der Waals surface area contributed by atoms with Crippen molar-refractivity contribution in [1.82, 2.24) is 9.47 Å². The Labute approximate surface area is 122 Å². The monoisotopic (exact) mass is 279 g/mol. The van der Waals surface area contributed by atoms with Crippen LogP contribution in [0.4, 0.5) is 5.69 Å². The number of anilines is 1. The van der Waals surface area contributed by atoms with Gasteiger partial charge in [-0.2, -0.15) is 0 Å². The quantitative estimate of drug-likeness (QED) is 0.833. The Balaban J connectivity index is 2.98. The maximum absolute atomic E-state index is 12.8. The number of nitrogens with two attached hydrogens (primary N) is 1. The number of amides is 1. The highest BCUT2D eigenvalue weighted by Crippen LogP contribution is 2.16. The molecule has 4 nitrogen and oxygen atoms in total. The van der Waals surface area contributed by atoms with Crippen LogP contribution in [0.2, 0.25) is 0 Å². The summed E-state index contributed by atoms with van der Waals surface area (Å²) in [6.07, 6.45) is 2.85. The van der Waals surface area contributed by atoms with Crippen LogP contribution >= 0.6 is 0 Å². The van der Waals surface area contributed by atoms with E-state index in [1.54, 1.807) is 6.07 Å². The van der Waals surface area contributed by atoms with E-state index >= 15 is 0 Å². The van der Waals surface area contributed by atoms with E-state index in [1.165, 1.54) is 0 Å². The van der Waals surface area contributed by atoms with E-state index in [2.05, 4.69) is 34.6 Å². The van der Waals surface area contributed by atoms with Crippen molar-refractivity contribution >= 4 is 11.6 Å². The number of hydrogen-bond acceptors (Lipinski definition) is 2. The molecule has 1 aromatic rings. The molecule has 20 heavy (non-hydrogen) atoms. The van der Waals surface area contributed by atoms with E-state index in [0.29, 0.717) is 23.2 Å². The minimum Gasteiger partial charge on any atom is -0.397 e. The normalized spacial score (nSPS) is 11.3. The third-order valence-electron chi connectivity index (χ3n) is 3.06. The average Bonchev–Trinajstić information content (AvgIpc) is 2.68. The molecule has 0 aliphatic rings. The highest BCUT2D eigenvalue weighted by Gasteiger charge is 2.21. The second kappa shape index (κ2) is 7.36. The lowest BCUT2D eigenvalue weighted by molar-refractivity contribution is 0.0704. The Bertz CT molecular complexity index is 425. The highest BCUT2D eigenvalue weighted by atomic mass is 16.2. The first kappa shape index (κ1) is 16.6. The van der Waals surface area contributed by atoms with Gasteiger partial charge in [0.2, 0.25) is 0 Å². The minimum absolute atomic E-state index is 0.0950. The van der Waals surface area contributed by atoms with Crippen molar-refractivity contribution in [3.05, 3.63) is 18.0 Å². The lowest BCUT2D eigenvalue weighted by Gasteiger charge is -2.26. The lowest BCUT2D eigenvalue weighted by atomic mass is 10.1. The van der Waals surface area contributed by atoms with Crippen LogP contribution in [0.3, 0.4) is 0 Å². The predicted octanol–water partition coefficient (Wildman–Crippen LogP) is 3.23. The third kappa shape index (κ3) is 4.58. The van der Waals surface area contributed by atoms with Gasteiger partial charge in [0.25, 0.3) is 5.91 Å². The van der Waals surface area contributed by atoms with Crippen molar-refractivity contribution in [2.24, 2.45) is 11.8 Å². The first-order valence-corrected chi connectivity index (χ1v) is 7.60. The van der Waals surface area contributed by atoms with E-state index in [4.69, 9.17) is 5.73 Å². The molecular formula is C16H29N3O. The average molecular weight is 279 g/mol. The number of hydrogen-bond donors (Lipinski definition) is 1. The van der Waals surface area contributed by atoms with Crippen LogP contribution in [-0.2, 0) is 6.54 Å². The molecule has 114 valence electrons. The SMILES string of the molecule is CCCn1cc(N)cc1C(=O)N(CC(C)C)CC(C)C. The Hall–Kier alpha value is -1.45. The minimum atomic E-state index is 0.0950. The van der Waals surface area contributed by atoms with E-state index in [1.807, 2.05) is 15.7 Å². The molecule has 0 aliphatic heterocycles. The van der Waals surface area contributed by atoms with Gasteiger partial charge in [-0.3, -0.25) is 4.79 Å². The molecule has 1 rings (SSSR count). The number of carbonyl (C=O) groups excluding carboxylic acids is 1. The fourth-order valence-electron chi connectivity index (χ4n) is 2.42. The van der Waals surface area contributed by atoms with E-state index in [9.17, 15) is 4.79 Å². The van der Waals surface area contributed by atoms with Gasteiger partial charge >= 0.3 is 0 Å². The number of nitrogens with zero attached hydrogens (tertiary/aromatic N) is 2. The van der Waals surface area contributed by atoms with Gasteiger partial charge in [0, 0.05) is 25.8 Å². The van der Waals surface area contributed by atoms with Crippen molar-refractivity contribution in [2.75, 3.05) is 18.8 Å². The molecule has 1 aromatic heterocycles. The fourth-order valence-corrected chi connectivity index (χ4v) is 2.42. The largest absolute Gasteiger partial charge is 0.397 e. The van der Waals surface area contributed by atoms with Gasteiger partial charge < -0.3 is 15.2 Å². The summed E-state index contributed by atoms with van der Waals surface area (Å²) < 4.78 is 1.98. The van der Waals surface area contributed by atoms with Gasteiger partial charge in [0.1, 0.15) is 5.69 Å². The summed E-state index contributed by atoms with van der Waals surface area (Å²) in [5.41, 5.74) is 7.23. The second-order valence-electron chi connectivity index (χ2n) is 6.35. The van der Waals surface area contributed by atoms with Crippen LogP contribution in [-0.4, -0.2) is 28.5 Å². The summed E-state index contributed by atoms with van der Waals surface area (Å²) in [5.74, 6) is 1.02. The zero-order valence-electron chi connectivity index (χ0n) is 13.5. The lowest BCUT2D eigenvalue weighted by Crippen LogP contribution is -2.38. The van der Waals surface area contributed by atoms with Crippen LogP contribution in [0, 0.1) is 11.8 Å². The van der Waals surface area contributed by atoms with Gasteiger partial charge in [-0.15, -0.1) is 0 Å². The van der Waals surface area contributed by atoms with Crippen molar-refractivity contribution < 1.29 is 4.79 Å². The molecule has 1 amide bonds. The van der Waals surface area contributed by atoms with Gasteiger partial charge in [-0.05, 0) is 24.3 Å². The van der Waals surface area contributed by atoms with Crippen LogP contribution in [0.5, 0.6) is 0 Å². The maximum Gasteiger partial charge on any atom is 0.270 e. The summed E-state index contributed by atoms with van der Waals surface area (Å²) in [7, 11) is 0. The number of aromatic nitrogens is 1. The number of aryl methyl sites for hydroxylation is 1. The fraction of sp³-hybridized carbons (Fsp3) is 0.688. The molecule has 0 aliphatic carbocycles. The van der Waals surface area contributed by atoms with Crippen LogP contribution in [0.1, 0.15) is 51.5 Å². The summed E-state index contributed by atoms with van der Waals surface area (Å²) in [5, 5.41) is 0. The van der Waals surface area contributed by atoms with Gasteiger partial charge in [0.15, 0.2) is 0 Å². The molecule has 0 saturated heterocycles. The summed E-state index contributed by atoms with van der Waals surface area (Å²) in [6, 6.07) is 1.80. The van der Waals surface area contributed by atoms with Crippen molar-refractivity contribution in [3.63, 3.8) is 0 Å². The molecule has 0 atom stereocenters. The highest BCUT2D eigenvalue weighted by molar-refractivity contribution is 5.93. The van der Waals surface area contributed by atoms with Crippen LogP contribution < -0.4 is 5.73 Å². The Morgan fingerprint density at radius 2 is 1.80 bits per heavy atom. The molecular weight excluding hydrogens is 250 g/mol. The van der Waals surface area contributed by atoms with Crippen LogP contribution in [0.25, 0.3) is 0 Å². The van der Waals surface area contributed by atoms with Crippen molar-refractivity contribution in [2.45, 2.75) is 47.6 Å². The zero-order valence-corrected chi connectivity index (χ0v) is 13.5. The number of carbonyl (C=O) groups is 1. The Morgan fingerprint density at radius 1 is 1.25 bits per heavy atom. The van der Waals surface area contributed by atoms with Crippen LogP contribution in [0.15, 0.2) is 12.3 Å². The standard InChI is InChI=1S/C16H29N3O/c1-6-7-18-11-14(17)8-15(18)16(20)19(9-12(2)3)10-13(4)5/h8,11-13H,6-7,9-10,17H2,1-5H3. The van der Waals surface area contributed by atoms with E-state index in [-0.39, 0.29) is 5.91 Å². The maximum atomic E-state index is 12.8. The molecule has 0 bridgehead atoms. The molecule has 0 aromatic carbocycles. The Morgan fingerprint density at radius 3 is 2.25 bits per heavy atom. The van der Waals surface area contributed by atoms with E-state index < -0.39 is 0 Å². The second-order valence-corrected chi connectivity index (χ2v) is 6.35. The molecule has 2 N–H and O–H groups in total. The first-order valence-electron chi connectivity index (χ1n) is 7.60. The molecule has 0 spiro atoms. The molecule has 0 radical (unpaired) electrons. The predicted molar refractivity (Wildman–Crippen MR) is 84.7 cm³/mol. The summed E-state index contributed by atoms with van der Waals surface area (Å²) in [6.45, 7) is 13.1. The first-order chi connectivity index (χ1) is 9.35. The topological polar surface area (TPSA) is 51.3 Å². The number of rotatable bonds is 7. The van der Waals surface area contributed by atoms with Gasteiger partial charge in [0.05, 0.1) is 5.69 Å². The van der Waals surface area contributed by atoms with E-state index in [0.717, 1.165) is 26.1 Å². The van der Waals surface area contributed by atoms with Crippen molar-refractivity contribution in [1.29, 1.82) is 0 Å². The number of nitrogen functional groups attached to an aromatic ring is 1. The Kier molecular flexibility index (Phi) is 6.11. The zero-order chi connectivity index (χ0) is 15.3.